The minimum Gasteiger partial charge on any atom is -0.382 e. The lowest BCUT2D eigenvalue weighted by atomic mass is 10.2. The maximum absolute atomic E-state index is 12.5. The number of sulfone groups is 1. The van der Waals surface area contributed by atoms with E-state index in [0.717, 1.165) is 48.2 Å². The van der Waals surface area contributed by atoms with E-state index in [1.165, 1.54) is 12.1 Å². The number of unbranched alkanes of at least 4 members (excludes halogenated alkanes) is 2. The Bertz CT molecular complexity index is 1140. The van der Waals surface area contributed by atoms with E-state index in [4.69, 9.17) is 28.9 Å². The van der Waals surface area contributed by atoms with Gasteiger partial charge in [-0.15, -0.1) is 0 Å². The van der Waals surface area contributed by atoms with E-state index < -0.39 is 9.84 Å². The van der Waals surface area contributed by atoms with Crippen LogP contribution in [0.15, 0.2) is 29.3 Å². The fraction of sp³-hybridized carbons (Fsp3) is 0.400. The Balaban J connectivity index is 1.65. The molecule has 0 aliphatic rings. The van der Waals surface area contributed by atoms with Crippen LogP contribution >= 0.6 is 23.2 Å². The third kappa shape index (κ3) is 4.68. The summed E-state index contributed by atoms with van der Waals surface area (Å²) in [6, 6.07) is 4.46. The highest BCUT2D eigenvalue weighted by Gasteiger charge is 2.18. The van der Waals surface area contributed by atoms with Crippen LogP contribution < -0.4 is 5.73 Å². The van der Waals surface area contributed by atoms with E-state index >= 15 is 0 Å². The summed E-state index contributed by atoms with van der Waals surface area (Å²) in [6.45, 7) is 4.81. The Labute approximate surface area is 181 Å². The van der Waals surface area contributed by atoms with E-state index in [1.54, 1.807) is 12.3 Å². The van der Waals surface area contributed by atoms with Crippen molar-refractivity contribution in [1.29, 1.82) is 0 Å². The number of aromatic nitrogens is 3. The number of pyridine rings is 1. The zero-order valence-electron chi connectivity index (χ0n) is 16.5. The largest absolute Gasteiger partial charge is 0.382 e. The van der Waals surface area contributed by atoms with Gasteiger partial charge >= 0.3 is 0 Å². The summed E-state index contributed by atoms with van der Waals surface area (Å²) in [5.41, 5.74) is 8.77. The fourth-order valence-corrected chi connectivity index (χ4v) is 5.65. The lowest BCUT2D eigenvalue weighted by Crippen LogP contribution is -2.09. The normalized spacial score (nSPS) is 12.0. The monoisotopic (exact) mass is 454 g/mol. The van der Waals surface area contributed by atoms with E-state index in [2.05, 4.69) is 21.5 Å². The fourth-order valence-electron chi connectivity index (χ4n) is 3.45. The molecular formula is C20H24Cl2N4O2S. The molecule has 0 spiro atoms. The second kappa shape index (κ2) is 8.90. The van der Waals surface area contributed by atoms with Gasteiger partial charge in [0.25, 0.3) is 0 Å². The number of imidazole rings is 1. The van der Waals surface area contributed by atoms with Crippen LogP contribution in [0.5, 0.6) is 0 Å². The topological polar surface area (TPSA) is 90.9 Å². The van der Waals surface area contributed by atoms with Gasteiger partial charge in [0.1, 0.15) is 11.3 Å². The molecule has 9 heteroatoms. The van der Waals surface area contributed by atoms with Gasteiger partial charge in [0.05, 0.1) is 21.2 Å². The van der Waals surface area contributed by atoms with Gasteiger partial charge in [-0.1, -0.05) is 36.5 Å². The number of nitrogens with two attached hydrogens (primary N) is 1. The maximum Gasteiger partial charge on any atom is 0.179 e. The molecule has 6 nitrogen and oxygen atoms in total. The number of hydrogen-bond donors (Lipinski definition) is 1. The first kappa shape index (κ1) is 21.9. The Morgan fingerprint density at radius 3 is 2.62 bits per heavy atom. The third-order valence-electron chi connectivity index (χ3n) is 4.90. The zero-order chi connectivity index (χ0) is 21.2. The number of rotatable bonds is 8. The lowest BCUT2D eigenvalue weighted by molar-refractivity contribution is 0.574. The molecule has 2 aromatic heterocycles. The average molecular weight is 455 g/mol. The molecule has 0 aliphatic carbocycles. The van der Waals surface area contributed by atoms with Crippen molar-refractivity contribution in [2.75, 3.05) is 11.5 Å². The van der Waals surface area contributed by atoms with E-state index in [9.17, 15) is 8.42 Å². The Morgan fingerprint density at radius 1 is 1.17 bits per heavy atom. The van der Waals surface area contributed by atoms with Crippen LogP contribution in [0.3, 0.4) is 0 Å². The summed E-state index contributed by atoms with van der Waals surface area (Å²) in [4.78, 5) is 8.97. The molecule has 29 heavy (non-hydrogen) atoms. The second-order valence-corrected chi connectivity index (χ2v) is 9.93. The molecule has 0 bridgehead atoms. The number of benzene rings is 1. The smallest absolute Gasteiger partial charge is 0.179 e. The van der Waals surface area contributed by atoms with Crippen molar-refractivity contribution in [2.24, 2.45) is 0 Å². The number of fused-ring (bicyclic) bond motifs is 1. The molecule has 0 radical (unpaired) electrons. The van der Waals surface area contributed by atoms with Gasteiger partial charge < -0.3 is 10.3 Å². The van der Waals surface area contributed by atoms with E-state index in [0.29, 0.717) is 17.3 Å². The quantitative estimate of drug-likeness (QED) is 0.491. The molecule has 0 saturated heterocycles. The van der Waals surface area contributed by atoms with Crippen LogP contribution in [0.2, 0.25) is 10.0 Å². The third-order valence-corrected chi connectivity index (χ3v) is 7.41. The van der Waals surface area contributed by atoms with Crippen LogP contribution in [0.4, 0.5) is 5.82 Å². The SMILES string of the molecule is CCc1nc2c(N)ncc(C)c2n1CCCCCS(=O)(=O)c1ccc(Cl)cc1Cl. The van der Waals surface area contributed by atoms with Crippen molar-refractivity contribution in [3.05, 3.63) is 45.8 Å². The summed E-state index contributed by atoms with van der Waals surface area (Å²) in [7, 11) is -3.44. The van der Waals surface area contributed by atoms with Crippen LogP contribution in [0.1, 0.15) is 37.6 Å². The summed E-state index contributed by atoms with van der Waals surface area (Å²) in [5, 5.41) is 0.580. The first-order valence-electron chi connectivity index (χ1n) is 9.52. The summed E-state index contributed by atoms with van der Waals surface area (Å²) < 4.78 is 27.3. The Morgan fingerprint density at radius 2 is 1.93 bits per heavy atom. The molecule has 0 atom stereocenters. The number of anilines is 1. The van der Waals surface area contributed by atoms with E-state index in [1.807, 2.05) is 6.92 Å². The average Bonchev–Trinajstić information content (AvgIpc) is 3.04. The van der Waals surface area contributed by atoms with Gasteiger partial charge in [0.15, 0.2) is 15.7 Å². The Hall–Kier alpha value is -1.83. The minimum absolute atomic E-state index is 0.0512. The molecule has 3 aromatic rings. The molecule has 0 fully saturated rings. The number of hydrogen-bond acceptors (Lipinski definition) is 5. The van der Waals surface area contributed by atoms with Gasteiger partial charge in [0.2, 0.25) is 0 Å². The molecule has 0 saturated carbocycles. The van der Waals surface area contributed by atoms with Crippen LogP contribution in [-0.4, -0.2) is 28.7 Å². The lowest BCUT2D eigenvalue weighted by Gasteiger charge is -2.10. The van der Waals surface area contributed by atoms with Gasteiger partial charge in [-0.05, 0) is 43.5 Å². The Kier molecular flexibility index (Phi) is 6.71. The minimum atomic E-state index is -3.44. The molecule has 0 aliphatic heterocycles. The van der Waals surface area contributed by atoms with Gasteiger partial charge in [0, 0.05) is 24.2 Å². The number of nitrogens with zero attached hydrogens (tertiary/aromatic N) is 3. The zero-order valence-corrected chi connectivity index (χ0v) is 18.8. The van der Waals surface area contributed by atoms with Crippen LogP contribution in [0, 0.1) is 6.92 Å². The number of nitrogen functional groups attached to an aromatic ring is 1. The number of halogens is 2. The van der Waals surface area contributed by atoms with Crippen molar-refractivity contribution in [1.82, 2.24) is 14.5 Å². The molecule has 2 N–H and O–H groups in total. The van der Waals surface area contributed by atoms with E-state index in [-0.39, 0.29) is 15.7 Å². The summed E-state index contributed by atoms with van der Waals surface area (Å²) >= 11 is 11.9. The highest BCUT2D eigenvalue weighted by atomic mass is 35.5. The van der Waals surface area contributed by atoms with Crippen molar-refractivity contribution < 1.29 is 8.42 Å². The van der Waals surface area contributed by atoms with Crippen molar-refractivity contribution in [2.45, 2.75) is 51.0 Å². The first-order chi connectivity index (χ1) is 13.7. The molecule has 2 heterocycles. The summed E-state index contributed by atoms with van der Waals surface area (Å²) in [6.07, 6.45) is 4.71. The maximum atomic E-state index is 12.5. The summed E-state index contributed by atoms with van der Waals surface area (Å²) in [5.74, 6) is 1.45. The molecule has 156 valence electrons. The second-order valence-electron chi connectivity index (χ2n) is 7.01. The molecule has 0 amide bonds. The predicted molar refractivity (Wildman–Crippen MR) is 118 cm³/mol. The molecule has 3 rings (SSSR count). The standard InChI is InChI=1S/C20H24Cl2N4O2S/c1-3-17-25-18-19(13(2)12-24-20(18)23)26(17)9-5-4-6-10-29(27,28)16-8-7-14(21)11-15(16)22/h7-8,11-12H,3-6,9-10H2,1-2H3,(H2,23,24). The van der Waals surface area contributed by atoms with Crippen LogP contribution in [0.25, 0.3) is 11.0 Å². The van der Waals surface area contributed by atoms with Gasteiger partial charge in [-0.25, -0.2) is 18.4 Å². The van der Waals surface area contributed by atoms with Gasteiger partial charge in [-0.3, -0.25) is 0 Å². The predicted octanol–water partition coefficient (Wildman–Crippen LogP) is 4.84. The molecule has 1 aromatic carbocycles. The van der Waals surface area contributed by atoms with Crippen molar-refractivity contribution >= 4 is 49.9 Å². The highest BCUT2D eigenvalue weighted by molar-refractivity contribution is 7.91. The van der Waals surface area contributed by atoms with Crippen molar-refractivity contribution in [3.63, 3.8) is 0 Å². The molecule has 0 unspecified atom stereocenters. The number of aryl methyl sites for hydroxylation is 3. The highest BCUT2D eigenvalue weighted by Crippen LogP contribution is 2.27. The molecular weight excluding hydrogens is 431 g/mol. The van der Waals surface area contributed by atoms with Crippen molar-refractivity contribution in [3.8, 4) is 0 Å². The van der Waals surface area contributed by atoms with Gasteiger partial charge in [-0.2, -0.15) is 0 Å². The van der Waals surface area contributed by atoms with Crippen LogP contribution in [-0.2, 0) is 22.8 Å². The first-order valence-corrected chi connectivity index (χ1v) is 11.9.